The van der Waals surface area contributed by atoms with Crippen LogP contribution in [0.5, 0.6) is 5.75 Å². The average Bonchev–Trinajstić information content (AvgIpc) is 2.39. The molecule has 0 fully saturated rings. The zero-order valence-electron chi connectivity index (χ0n) is 10.4. The summed E-state index contributed by atoms with van der Waals surface area (Å²) in [6.45, 7) is 0.589. The Balaban J connectivity index is 0.00000162. The maximum Gasteiger partial charge on any atom is 0.119 e. The molecule has 3 heteroatoms. The minimum Gasteiger partial charge on any atom is -0.497 e. The second-order valence-electron chi connectivity index (χ2n) is 4.05. The summed E-state index contributed by atoms with van der Waals surface area (Å²) in [5.41, 5.74) is 9.34. The van der Waals surface area contributed by atoms with Gasteiger partial charge in [0.2, 0.25) is 0 Å². The van der Waals surface area contributed by atoms with Crippen molar-refractivity contribution in [2.45, 2.75) is 13.0 Å². The van der Waals surface area contributed by atoms with Crippen molar-refractivity contribution in [1.29, 1.82) is 0 Å². The molecule has 18 heavy (non-hydrogen) atoms. The molecule has 0 aliphatic rings. The van der Waals surface area contributed by atoms with E-state index in [1.807, 2.05) is 12.1 Å². The molecular formula is C15H18ClNO. The lowest BCUT2D eigenvalue weighted by atomic mass is 10.0. The van der Waals surface area contributed by atoms with Gasteiger partial charge in [-0.05, 0) is 35.2 Å². The van der Waals surface area contributed by atoms with Crippen molar-refractivity contribution < 1.29 is 4.74 Å². The molecule has 96 valence electrons. The third kappa shape index (κ3) is 3.76. The van der Waals surface area contributed by atoms with Gasteiger partial charge >= 0.3 is 0 Å². The van der Waals surface area contributed by atoms with Gasteiger partial charge in [0.1, 0.15) is 5.75 Å². The van der Waals surface area contributed by atoms with E-state index in [1.165, 1.54) is 16.7 Å². The van der Waals surface area contributed by atoms with Gasteiger partial charge in [-0.25, -0.2) is 0 Å². The summed E-state index contributed by atoms with van der Waals surface area (Å²) in [7, 11) is 1.69. The summed E-state index contributed by atoms with van der Waals surface area (Å²) in [6.07, 6.45) is 0.908. The summed E-state index contributed by atoms with van der Waals surface area (Å²) in [4.78, 5) is 0. The van der Waals surface area contributed by atoms with Crippen LogP contribution in [0, 0.1) is 0 Å². The lowest BCUT2D eigenvalue weighted by molar-refractivity contribution is 0.414. The Hall–Kier alpha value is -1.51. The predicted octanol–water partition coefficient (Wildman–Crippen LogP) is 3.17. The maximum absolute atomic E-state index is 5.64. The average molecular weight is 264 g/mol. The van der Waals surface area contributed by atoms with E-state index in [-0.39, 0.29) is 12.4 Å². The number of benzene rings is 2. The first-order valence-corrected chi connectivity index (χ1v) is 5.72. The smallest absolute Gasteiger partial charge is 0.119 e. The highest BCUT2D eigenvalue weighted by molar-refractivity contribution is 5.85. The Morgan fingerprint density at radius 1 is 0.944 bits per heavy atom. The van der Waals surface area contributed by atoms with E-state index < -0.39 is 0 Å². The van der Waals surface area contributed by atoms with Crippen LogP contribution in [0.25, 0.3) is 0 Å². The van der Waals surface area contributed by atoms with E-state index in [2.05, 4.69) is 36.4 Å². The normalized spacial score (nSPS) is 9.67. The Bertz CT molecular complexity index is 454. The van der Waals surface area contributed by atoms with Crippen LogP contribution in [0.15, 0.2) is 48.5 Å². The van der Waals surface area contributed by atoms with Gasteiger partial charge in [-0.1, -0.05) is 36.4 Å². The summed E-state index contributed by atoms with van der Waals surface area (Å²) in [5.74, 6) is 0.900. The predicted molar refractivity (Wildman–Crippen MR) is 77.4 cm³/mol. The molecule has 0 spiro atoms. The summed E-state index contributed by atoms with van der Waals surface area (Å²) >= 11 is 0. The largest absolute Gasteiger partial charge is 0.497 e. The minimum absolute atomic E-state index is 0. The molecule has 2 aromatic carbocycles. The maximum atomic E-state index is 5.64. The van der Waals surface area contributed by atoms with Gasteiger partial charge in [0.15, 0.2) is 0 Å². The van der Waals surface area contributed by atoms with Gasteiger partial charge in [0.25, 0.3) is 0 Å². The van der Waals surface area contributed by atoms with Crippen LogP contribution in [0.2, 0.25) is 0 Å². The molecule has 0 bridgehead atoms. The lowest BCUT2D eigenvalue weighted by Gasteiger charge is -2.06. The molecule has 0 heterocycles. The summed E-state index contributed by atoms with van der Waals surface area (Å²) in [5, 5.41) is 0. The Morgan fingerprint density at radius 3 is 2.22 bits per heavy atom. The van der Waals surface area contributed by atoms with Gasteiger partial charge in [0.05, 0.1) is 7.11 Å². The van der Waals surface area contributed by atoms with Gasteiger partial charge in [-0.15, -0.1) is 12.4 Å². The fraction of sp³-hybridized carbons (Fsp3) is 0.200. The molecule has 2 rings (SSSR count). The van der Waals surface area contributed by atoms with E-state index >= 15 is 0 Å². The molecule has 0 radical (unpaired) electrons. The Labute approximate surface area is 114 Å². The van der Waals surface area contributed by atoms with Crippen LogP contribution >= 0.6 is 12.4 Å². The topological polar surface area (TPSA) is 35.2 Å². The van der Waals surface area contributed by atoms with Crippen molar-refractivity contribution in [3.05, 3.63) is 65.2 Å². The van der Waals surface area contributed by atoms with Gasteiger partial charge in [-0.3, -0.25) is 0 Å². The van der Waals surface area contributed by atoms with Crippen molar-refractivity contribution in [3.63, 3.8) is 0 Å². The van der Waals surface area contributed by atoms with E-state index in [1.54, 1.807) is 7.11 Å². The lowest BCUT2D eigenvalue weighted by Crippen LogP contribution is -1.97. The monoisotopic (exact) mass is 263 g/mol. The quantitative estimate of drug-likeness (QED) is 0.920. The Kier molecular flexibility index (Phi) is 5.69. The molecule has 0 saturated heterocycles. The molecular weight excluding hydrogens is 246 g/mol. The van der Waals surface area contributed by atoms with Crippen molar-refractivity contribution in [1.82, 2.24) is 0 Å². The number of rotatable bonds is 4. The molecule has 0 unspecified atom stereocenters. The van der Waals surface area contributed by atoms with Crippen molar-refractivity contribution >= 4 is 12.4 Å². The highest BCUT2D eigenvalue weighted by Crippen LogP contribution is 2.16. The zero-order valence-corrected chi connectivity index (χ0v) is 11.2. The van der Waals surface area contributed by atoms with Crippen LogP contribution in [0.3, 0.4) is 0 Å². The molecule has 0 aromatic heterocycles. The first-order valence-electron chi connectivity index (χ1n) is 5.72. The minimum atomic E-state index is 0. The molecule has 2 nitrogen and oxygen atoms in total. The fourth-order valence-corrected chi connectivity index (χ4v) is 1.88. The third-order valence-corrected chi connectivity index (χ3v) is 2.77. The second-order valence-corrected chi connectivity index (χ2v) is 4.05. The summed E-state index contributed by atoms with van der Waals surface area (Å²) < 4.78 is 5.22. The third-order valence-electron chi connectivity index (χ3n) is 2.77. The van der Waals surface area contributed by atoms with E-state index in [0.717, 1.165) is 12.2 Å². The molecule has 2 aromatic rings. The van der Waals surface area contributed by atoms with Gasteiger partial charge < -0.3 is 10.5 Å². The van der Waals surface area contributed by atoms with Crippen LogP contribution < -0.4 is 10.5 Å². The fourth-order valence-electron chi connectivity index (χ4n) is 1.88. The highest BCUT2D eigenvalue weighted by Gasteiger charge is 1.99. The van der Waals surface area contributed by atoms with Crippen molar-refractivity contribution in [2.24, 2.45) is 5.73 Å². The first kappa shape index (κ1) is 14.6. The summed E-state index contributed by atoms with van der Waals surface area (Å²) in [6, 6.07) is 16.5. The molecule has 2 N–H and O–H groups in total. The van der Waals surface area contributed by atoms with E-state index in [4.69, 9.17) is 10.5 Å². The number of nitrogens with two attached hydrogens (primary N) is 1. The van der Waals surface area contributed by atoms with Crippen LogP contribution in [-0.2, 0) is 13.0 Å². The molecule has 0 saturated carbocycles. The van der Waals surface area contributed by atoms with Crippen molar-refractivity contribution in [2.75, 3.05) is 7.11 Å². The van der Waals surface area contributed by atoms with Crippen molar-refractivity contribution in [3.8, 4) is 5.75 Å². The van der Waals surface area contributed by atoms with Crippen LogP contribution in [0.1, 0.15) is 16.7 Å². The van der Waals surface area contributed by atoms with E-state index in [0.29, 0.717) is 6.54 Å². The zero-order chi connectivity index (χ0) is 12.1. The standard InChI is InChI=1S/C15H17NO.ClH/c1-17-15-7-3-5-13(10-15)8-12-4-2-6-14(9-12)11-16;/h2-7,9-10H,8,11,16H2,1H3;1H. The van der Waals surface area contributed by atoms with Gasteiger partial charge in [-0.2, -0.15) is 0 Å². The molecule has 0 atom stereocenters. The van der Waals surface area contributed by atoms with E-state index in [9.17, 15) is 0 Å². The van der Waals surface area contributed by atoms with Crippen LogP contribution in [0.4, 0.5) is 0 Å². The highest BCUT2D eigenvalue weighted by atomic mass is 35.5. The van der Waals surface area contributed by atoms with Crippen LogP contribution in [-0.4, -0.2) is 7.11 Å². The number of hydrogen-bond donors (Lipinski definition) is 1. The molecule has 0 aliphatic heterocycles. The number of hydrogen-bond acceptors (Lipinski definition) is 2. The molecule has 0 amide bonds. The number of ether oxygens (including phenoxy) is 1. The Morgan fingerprint density at radius 2 is 1.56 bits per heavy atom. The second kappa shape index (κ2) is 7.04. The number of methoxy groups -OCH3 is 1. The van der Waals surface area contributed by atoms with Gasteiger partial charge in [0, 0.05) is 6.54 Å². The SMILES string of the molecule is COc1cccc(Cc2cccc(CN)c2)c1.Cl. The number of halogens is 1. The first-order chi connectivity index (χ1) is 8.31. The molecule has 0 aliphatic carbocycles.